The molecule has 1 aromatic carbocycles. The molecule has 3 heteroatoms. The van der Waals surface area contributed by atoms with Crippen LogP contribution in [0.1, 0.15) is 27.2 Å². The molecule has 0 saturated heterocycles. The minimum atomic E-state index is -0.147. The Balaban J connectivity index is 2.85. The first-order valence-corrected chi connectivity index (χ1v) is 6.61. The maximum atomic E-state index is 5.95. The third-order valence-corrected chi connectivity index (χ3v) is 3.42. The summed E-state index contributed by atoms with van der Waals surface area (Å²) >= 11 is 0. The molecular weight excluding hydrogens is 224 g/mol. The Bertz CT molecular complexity index is 338. The van der Waals surface area contributed by atoms with Crippen LogP contribution in [0.15, 0.2) is 30.3 Å². The van der Waals surface area contributed by atoms with Crippen LogP contribution < -0.4 is 10.6 Å². The van der Waals surface area contributed by atoms with Crippen LogP contribution in [-0.2, 0) is 4.74 Å². The third-order valence-electron chi connectivity index (χ3n) is 3.42. The SMILES string of the molecule is CCN(c1ccccc1)C(CN)CC(C)(C)OC. The van der Waals surface area contributed by atoms with Crippen LogP contribution >= 0.6 is 0 Å². The molecule has 1 atom stereocenters. The van der Waals surface area contributed by atoms with Crippen LogP contribution in [0.4, 0.5) is 5.69 Å². The fraction of sp³-hybridized carbons (Fsp3) is 0.600. The van der Waals surface area contributed by atoms with Crippen molar-refractivity contribution >= 4 is 5.69 Å². The van der Waals surface area contributed by atoms with Gasteiger partial charge in [0.25, 0.3) is 0 Å². The van der Waals surface area contributed by atoms with Gasteiger partial charge in [-0.2, -0.15) is 0 Å². The van der Waals surface area contributed by atoms with Crippen LogP contribution in [0, 0.1) is 0 Å². The second kappa shape index (κ2) is 6.76. The lowest BCUT2D eigenvalue weighted by Crippen LogP contribution is -2.45. The molecule has 0 aliphatic rings. The summed E-state index contributed by atoms with van der Waals surface area (Å²) in [5, 5.41) is 0. The van der Waals surface area contributed by atoms with E-state index in [0.717, 1.165) is 13.0 Å². The molecule has 1 aromatic rings. The van der Waals surface area contributed by atoms with E-state index >= 15 is 0 Å². The highest BCUT2D eigenvalue weighted by Gasteiger charge is 2.25. The zero-order valence-corrected chi connectivity index (χ0v) is 12.0. The van der Waals surface area contributed by atoms with E-state index in [2.05, 4.69) is 49.9 Å². The van der Waals surface area contributed by atoms with Crippen molar-refractivity contribution in [2.75, 3.05) is 25.1 Å². The van der Waals surface area contributed by atoms with Crippen molar-refractivity contribution in [3.63, 3.8) is 0 Å². The molecule has 0 saturated carbocycles. The number of rotatable bonds is 7. The van der Waals surface area contributed by atoms with E-state index in [0.29, 0.717) is 12.6 Å². The summed E-state index contributed by atoms with van der Waals surface area (Å²) < 4.78 is 5.52. The Morgan fingerprint density at radius 3 is 2.33 bits per heavy atom. The number of nitrogens with zero attached hydrogens (tertiary/aromatic N) is 1. The molecule has 1 rings (SSSR count). The van der Waals surface area contributed by atoms with Crippen LogP contribution in [0.3, 0.4) is 0 Å². The number of ether oxygens (including phenoxy) is 1. The molecule has 0 amide bonds. The molecule has 0 fully saturated rings. The zero-order valence-electron chi connectivity index (χ0n) is 12.0. The highest BCUT2D eigenvalue weighted by molar-refractivity contribution is 5.47. The molecule has 0 aliphatic heterocycles. The van der Waals surface area contributed by atoms with Gasteiger partial charge >= 0.3 is 0 Å². The average molecular weight is 250 g/mol. The topological polar surface area (TPSA) is 38.5 Å². The average Bonchev–Trinajstić information content (AvgIpc) is 2.39. The Morgan fingerprint density at radius 1 is 1.28 bits per heavy atom. The largest absolute Gasteiger partial charge is 0.379 e. The van der Waals surface area contributed by atoms with Gasteiger partial charge in [-0.25, -0.2) is 0 Å². The summed E-state index contributed by atoms with van der Waals surface area (Å²) in [6.07, 6.45) is 0.919. The van der Waals surface area contributed by atoms with Gasteiger partial charge in [0.2, 0.25) is 0 Å². The molecule has 0 aliphatic carbocycles. The standard InChI is InChI=1S/C15H26N2O/c1-5-17(13-9-7-6-8-10-13)14(12-16)11-15(2,3)18-4/h6-10,14H,5,11-12,16H2,1-4H3. The van der Waals surface area contributed by atoms with Gasteiger partial charge in [0, 0.05) is 31.9 Å². The summed E-state index contributed by atoms with van der Waals surface area (Å²) in [4.78, 5) is 2.35. The minimum absolute atomic E-state index is 0.147. The van der Waals surface area contributed by atoms with E-state index in [-0.39, 0.29) is 5.60 Å². The van der Waals surface area contributed by atoms with Crippen molar-refractivity contribution in [2.24, 2.45) is 5.73 Å². The first-order valence-electron chi connectivity index (χ1n) is 6.61. The van der Waals surface area contributed by atoms with Crippen molar-refractivity contribution < 1.29 is 4.74 Å². The molecule has 0 spiro atoms. The number of likely N-dealkylation sites (N-methyl/N-ethyl adjacent to an activating group) is 1. The molecule has 0 aromatic heterocycles. The van der Waals surface area contributed by atoms with Gasteiger partial charge in [0.15, 0.2) is 0 Å². The second-order valence-electron chi connectivity index (χ2n) is 5.18. The highest BCUT2D eigenvalue weighted by atomic mass is 16.5. The third kappa shape index (κ3) is 4.00. The Morgan fingerprint density at radius 2 is 1.89 bits per heavy atom. The zero-order chi connectivity index (χ0) is 13.6. The van der Waals surface area contributed by atoms with Gasteiger partial charge in [-0.1, -0.05) is 18.2 Å². The molecular formula is C15H26N2O. The summed E-state index contributed by atoms with van der Waals surface area (Å²) in [7, 11) is 1.76. The van der Waals surface area contributed by atoms with Gasteiger partial charge in [0.05, 0.1) is 5.60 Å². The van der Waals surface area contributed by atoms with Crippen molar-refractivity contribution in [1.82, 2.24) is 0 Å². The normalized spacial score (nSPS) is 13.4. The number of para-hydroxylation sites is 1. The molecule has 1 unspecified atom stereocenters. The van der Waals surface area contributed by atoms with E-state index in [9.17, 15) is 0 Å². The molecule has 3 nitrogen and oxygen atoms in total. The van der Waals surface area contributed by atoms with Crippen molar-refractivity contribution in [1.29, 1.82) is 0 Å². The molecule has 102 valence electrons. The number of nitrogens with two attached hydrogens (primary N) is 1. The lowest BCUT2D eigenvalue weighted by Gasteiger charge is -2.36. The fourth-order valence-corrected chi connectivity index (χ4v) is 2.24. The number of hydrogen-bond acceptors (Lipinski definition) is 3. The predicted octanol–water partition coefficient (Wildman–Crippen LogP) is 2.66. The predicted molar refractivity (Wildman–Crippen MR) is 78.0 cm³/mol. The Kier molecular flexibility index (Phi) is 5.63. The maximum absolute atomic E-state index is 5.95. The van der Waals surface area contributed by atoms with E-state index in [1.165, 1.54) is 5.69 Å². The van der Waals surface area contributed by atoms with Crippen LogP contribution in [-0.4, -0.2) is 31.8 Å². The fourth-order valence-electron chi connectivity index (χ4n) is 2.24. The van der Waals surface area contributed by atoms with Crippen LogP contribution in [0.2, 0.25) is 0 Å². The second-order valence-corrected chi connectivity index (χ2v) is 5.18. The lowest BCUT2D eigenvalue weighted by molar-refractivity contribution is 0.0101. The summed E-state index contributed by atoms with van der Waals surface area (Å²) in [5.41, 5.74) is 7.03. The summed E-state index contributed by atoms with van der Waals surface area (Å²) in [5.74, 6) is 0. The van der Waals surface area contributed by atoms with Gasteiger partial charge in [0.1, 0.15) is 0 Å². The smallest absolute Gasteiger partial charge is 0.0642 e. The molecule has 2 N–H and O–H groups in total. The van der Waals surface area contributed by atoms with Gasteiger partial charge in [-0.15, -0.1) is 0 Å². The minimum Gasteiger partial charge on any atom is -0.379 e. The molecule has 0 bridgehead atoms. The summed E-state index contributed by atoms with van der Waals surface area (Å²) in [6, 6.07) is 10.7. The van der Waals surface area contributed by atoms with Crippen molar-refractivity contribution in [3.05, 3.63) is 30.3 Å². The highest BCUT2D eigenvalue weighted by Crippen LogP contribution is 2.23. The van der Waals surface area contributed by atoms with E-state index in [4.69, 9.17) is 10.5 Å². The van der Waals surface area contributed by atoms with Crippen molar-refractivity contribution in [3.8, 4) is 0 Å². The lowest BCUT2D eigenvalue weighted by atomic mass is 9.97. The van der Waals surface area contributed by atoms with Crippen LogP contribution in [0.25, 0.3) is 0 Å². The van der Waals surface area contributed by atoms with E-state index in [1.807, 2.05) is 6.07 Å². The van der Waals surface area contributed by atoms with Crippen LogP contribution in [0.5, 0.6) is 0 Å². The van der Waals surface area contributed by atoms with Gasteiger partial charge < -0.3 is 15.4 Å². The first-order chi connectivity index (χ1) is 8.54. The van der Waals surface area contributed by atoms with Gasteiger partial charge in [-0.05, 0) is 39.3 Å². The van der Waals surface area contributed by atoms with Gasteiger partial charge in [-0.3, -0.25) is 0 Å². The number of anilines is 1. The molecule has 18 heavy (non-hydrogen) atoms. The quantitative estimate of drug-likeness (QED) is 0.808. The van der Waals surface area contributed by atoms with Crippen molar-refractivity contribution in [2.45, 2.75) is 38.8 Å². The van der Waals surface area contributed by atoms with E-state index in [1.54, 1.807) is 7.11 Å². The number of methoxy groups -OCH3 is 1. The summed E-state index contributed by atoms with van der Waals surface area (Å²) in [6.45, 7) is 7.96. The Hall–Kier alpha value is -1.06. The Labute approximate surface area is 111 Å². The molecule has 0 radical (unpaired) electrons. The van der Waals surface area contributed by atoms with E-state index < -0.39 is 0 Å². The molecule has 0 heterocycles. The number of hydrogen-bond donors (Lipinski definition) is 1. The monoisotopic (exact) mass is 250 g/mol. The number of benzene rings is 1. The first kappa shape index (κ1) is 15.0. The maximum Gasteiger partial charge on any atom is 0.0642 e.